The lowest BCUT2D eigenvalue weighted by Crippen LogP contribution is -2.23. The number of hydrogen-bond donors (Lipinski definition) is 1. The molecule has 1 amide bonds. The van der Waals surface area contributed by atoms with Crippen molar-refractivity contribution in [2.75, 3.05) is 7.11 Å². The van der Waals surface area contributed by atoms with E-state index < -0.39 is 0 Å². The normalized spacial score (nSPS) is 10.3. The molecule has 126 valence electrons. The van der Waals surface area contributed by atoms with Crippen LogP contribution in [0.25, 0.3) is 0 Å². The quantitative estimate of drug-likeness (QED) is 0.829. The third kappa shape index (κ3) is 4.95. The SMILES string of the molecule is COC(=O)c1ccc(CNC(=O)CCc2ccc(C)cc2C)cc1. The Morgan fingerprint density at radius 3 is 2.38 bits per heavy atom. The highest BCUT2D eigenvalue weighted by molar-refractivity contribution is 5.89. The van der Waals surface area contributed by atoms with Crippen LogP contribution in [0.3, 0.4) is 0 Å². The minimum absolute atomic E-state index is 0.0204. The highest BCUT2D eigenvalue weighted by atomic mass is 16.5. The monoisotopic (exact) mass is 325 g/mol. The average Bonchev–Trinajstić information content (AvgIpc) is 2.59. The summed E-state index contributed by atoms with van der Waals surface area (Å²) in [5.74, 6) is -0.342. The predicted octanol–water partition coefficient (Wildman–Crippen LogP) is 3.34. The lowest BCUT2D eigenvalue weighted by atomic mass is 10.0. The second-order valence-corrected chi connectivity index (χ2v) is 5.90. The van der Waals surface area contributed by atoms with E-state index in [4.69, 9.17) is 0 Å². The Kier molecular flexibility index (Phi) is 6.13. The smallest absolute Gasteiger partial charge is 0.337 e. The minimum atomic E-state index is -0.362. The molecule has 0 aliphatic heterocycles. The Balaban J connectivity index is 1.81. The van der Waals surface area contributed by atoms with Crippen LogP contribution in [0.5, 0.6) is 0 Å². The van der Waals surface area contributed by atoms with E-state index >= 15 is 0 Å². The van der Waals surface area contributed by atoms with Crippen LogP contribution in [0, 0.1) is 13.8 Å². The number of hydrogen-bond acceptors (Lipinski definition) is 3. The van der Waals surface area contributed by atoms with Crippen molar-refractivity contribution in [2.45, 2.75) is 33.2 Å². The van der Waals surface area contributed by atoms with Crippen LogP contribution in [0.1, 0.15) is 39.0 Å². The van der Waals surface area contributed by atoms with E-state index in [1.165, 1.54) is 23.8 Å². The molecule has 0 radical (unpaired) electrons. The molecule has 0 aromatic heterocycles. The van der Waals surface area contributed by atoms with Gasteiger partial charge >= 0.3 is 5.97 Å². The molecule has 0 saturated carbocycles. The molecule has 0 saturated heterocycles. The number of carbonyl (C=O) groups is 2. The van der Waals surface area contributed by atoms with Crippen molar-refractivity contribution in [2.24, 2.45) is 0 Å². The van der Waals surface area contributed by atoms with E-state index in [9.17, 15) is 9.59 Å². The standard InChI is InChI=1S/C20H23NO3/c1-14-4-7-17(15(2)12-14)10-11-19(22)21-13-16-5-8-18(9-6-16)20(23)24-3/h4-9,12H,10-11,13H2,1-3H3,(H,21,22). The van der Waals surface area contributed by atoms with Gasteiger partial charge in [-0.2, -0.15) is 0 Å². The van der Waals surface area contributed by atoms with Gasteiger partial charge in [0.25, 0.3) is 0 Å². The first-order valence-corrected chi connectivity index (χ1v) is 7.99. The number of esters is 1. The molecule has 0 spiro atoms. The highest BCUT2D eigenvalue weighted by Crippen LogP contribution is 2.12. The summed E-state index contributed by atoms with van der Waals surface area (Å²) in [6.45, 7) is 4.59. The van der Waals surface area contributed by atoms with Gasteiger partial charge < -0.3 is 10.1 Å². The molecule has 24 heavy (non-hydrogen) atoms. The maximum absolute atomic E-state index is 12.0. The molecule has 0 heterocycles. The van der Waals surface area contributed by atoms with E-state index in [2.05, 4.69) is 42.1 Å². The third-order valence-corrected chi connectivity index (χ3v) is 3.98. The molecule has 2 aromatic carbocycles. The summed E-state index contributed by atoms with van der Waals surface area (Å²) in [4.78, 5) is 23.4. The van der Waals surface area contributed by atoms with Crippen molar-refractivity contribution >= 4 is 11.9 Å². The summed E-state index contributed by atoms with van der Waals surface area (Å²) in [6, 6.07) is 13.3. The maximum atomic E-state index is 12.0. The summed E-state index contributed by atoms with van der Waals surface area (Å²) in [6.07, 6.45) is 1.20. The zero-order chi connectivity index (χ0) is 17.5. The topological polar surface area (TPSA) is 55.4 Å². The molecular formula is C20H23NO3. The van der Waals surface area contributed by atoms with Crippen molar-refractivity contribution in [1.82, 2.24) is 5.32 Å². The molecular weight excluding hydrogens is 302 g/mol. The van der Waals surface area contributed by atoms with Crippen LogP contribution in [-0.4, -0.2) is 19.0 Å². The van der Waals surface area contributed by atoms with E-state index in [-0.39, 0.29) is 11.9 Å². The van der Waals surface area contributed by atoms with Crippen molar-refractivity contribution in [3.05, 3.63) is 70.3 Å². The number of rotatable bonds is 6. The minimum Gasteiger partial charge on any atom is -0.465 e. The van der Waals surface area contributed by atoms with Crippen LogP contribution >= 0.6 is 0 Å². The number of carbonyl (C=O) groups excluding carboxylic acids is 2. The average molecular weight is 325 g/mol. The fraction of sp³-hybridized carbons (Fsp3) is 0.300. The number of nitrogens with one attached hydrogen (secondary N) is 1. The summed E-state index contributed by atoms with van der Waals surface area (Å²) in [7, 11) is 1.35. The van der Waals surface area contributed by atoms with Crippen molar-refractivity contribution in [3.63, 3.8) is 0 Å². The first-order chi connectivity index (χ1) is 11.5. The van der Waals surface area contributed by atoms with Gasteiger partial charge in [0.1, 0.15) is 0 Å². The van der Waals surface area contributed by atoms with Crippen LogP contribution < -0.4 is 5.32 Å². The largest absolute Gasteiger partial charge is 0.465 e. The first-order valence-electron chi connectivity index (χ1n) is 7.99. The van der Waals surface area contributed by atoms with Gasteiger partial charge in [0.05, 0.1) is 12.7 Å². The number of ether oxygens (including phenoxy) is 1. The second-order valence-electron chi connectivity index (χ2n) is 5.90. The van der Waals surface area contributed by atoms with Crippen LogP contribution in [0.4, 0.5) is 0 Å². The molecule has 1 N–H and O–H groups in total. The summed E-state index contributed by atoms with van der Waals surface area (Å²) < 4.78 is 4.66. The Morgan fingerprint density at radius 2 is 1.75 bits per heavy atom. The number of aryl methyl sites for hydroxylation is 3. The Hall–Kier alpha value is -2.62. The first kappa shape index (κ1) is 17.7. The van der Waals surface area contributed by atoms with Gasteiger partial charge in [0.15, 0.2) is 0 Å². The zero-order valence-electron chi connectivity index (χ0n) is 14.4. The van der Waals surface area contributed by atoms with Gasteiger partial charge in [-0.1, -0.05) is 35.9 Å². The fourth-order valence-corrected chi connectivity index (χ4v) is 2.54. The summed E-state index contributed by atoms with van der Waals surface area (Å²) in [5, 5.41) is 2.91. The zero-order valence-corrected chi connectivity index (χ0v) is 14.4. The van der Waals surface area contributed by atoms with Gasteiger partial charge in [0.2, 0.25) is 5.91 Å². The van der Waals surface area contributed by atoms with Crippen molar-refractivity contribution in [3.8, 4) is 0 Å². The molecule has 0 fully saturated rings. The lowest BCUT2D eigenvalue weighted by Gasteiger charge is -2.08. The van der Waals surface area contributed by atoms with E-state index in [0.29, 0.717) is 18.5 Å². The van der Waals surface area contributed by atoms with Gasteiger partial charge in [-0.25, -0.2) is 4.79 Å². The molecule has 2 aromatic rings. The van der Waals surface area contributed by atoms with Gasteiger partial charge in [-0.15, -0.1) is 0 Å². The molecule has 0 bridgehead atoms. The number of methoxy groups -OCH3 is 1. The fourth-order valence-electron chi connectivity index (χ4n) is 2.54. The lowest BCUT2D eigenvalue weighted by molar-refractivity contribution is -0.121. The highest BCUT2D eigenvalue weighted by Gasteiger charge is 2.06. The third-order valence-electron chi connectivity index (χ3n) is 3.98. The summed E-state index contributed by atoms with van der Waals surface area (Å²) >= 11 is 0. The Morgan fingerprint density at radius 1 is 1.04 bits per heavy atom. The Bertz CT molecular complexity index is 720. The van der Waals surface area contributed by atoms with Gasteiger partial charge in [-0.3, -0.25) is 4.79 Å². The van der Waals surface area contributed by atoms with Crippen LogP contribution in [-0.2, 0) is 22.5 Å². The van der Waals surface area contributed by atoms with Gasteiger partial charge in [-0.05, 0) is 49.1 Å². The van der Waals surface area contributed by atoms with E-state index in [1.807, 2.05) is 12.1 Å². The van der Waals surface area contributed by atoms with Crippen molar-refractivity contribution in [1.29, 1.82) is 0 Å². The molecule has 0 aliphatic carbocycles. The molecule has 0 aliphatic rings. The number of amides is 1. The Labute approximate surface area is 142 Å². The van der Waals surface area contributed by atoms with Gasteiger partial charge in [0, 0.05) is 13.0 Å². The summed E-state index contributed by atoms with van der Waals surface area (Å²) in [5.41, 5.74) is 5.11. The molecule has 0 atom stereocenters. The second kappa shape index (κ2) is 8.29. The van der Waals surface area contributed by atoms with E-state index in [1.54, 1.807) is 12.1 Å². The predicted molar refractivity (Wildman–Crippen MR) is 93.9 cm³/mol. The molecule has 4 nitrogen and oxygen atoms in total. The maximum Gasteiger partial charge on any atom is 0.337 e. The molecule has 0 unspecified atom stereocenters. The molecule has 2 rings (SSSR count). The number of benzene rings is 2. The van der Waals surface area contributed by atoms with Crippen molar-refractivity contribution < 1.29 is 14.3 Å². The van der Waals surface area contributed by atoms with Crippen LogP contribution in [0.2, 0.25) is 0 Å². The van der Waals surface area contributed by atoms with Crippen LogP contribution in [0.15, 0.2) is 42.5 Å². The van der Waals surface area contributed by atoms with E-state index in [0.717, 1.165) is 12.0 Å². The molecule has 4 heteroatoms.